The SMILES string of the molecule is Cc1cccc(C)c1NC(=O)CNC(=O)CCc1nc(-c2ccsc2)no1. The van der Waals surface area contributed by atoms with E-state index in [9.17, 15) is 9.59 Å². The largest absolute Gasteiger partial charge is 0.347 e. The highest BCUT2D eigenvalue weighted by molar-refractivity contribution is 7.08. The Bertz CT molecular complexity index is 914. The number of rotatable bonds is 7. The second-order valence-corrected chi connectivity index (χ2v) is 6.90. The molecule has 140 valence electrons. The van der Waals surface area contributed by atoms with Crippen LogP contribution in [0.3, 0.4) is 0 Å². The molecular weight excluding hydrogens is 364 g/mol. The lowest BCUT2D eigenvalue weighted by molar-refractivity contribution is -0.124. The van der Waals surface area contributed by atoms with Gasteiger partial charge in [0.05, 0.1) is 6.54 Å². The zero-order valence-corrected chi connectivity index (χ0v) is 15.9. The molecule has 3 aromatic rings. The predicted octanol–water partition coefficient (Wildman–Crippen LogP) is 3.10. The Hall–Kier alpha value is -3.00. The summed E-state index contributed by atoms with van der Waals surface area (Å²) in [6.45, 7) is 3.77. The van der Waals surface area contributed by atoms with Gasteiger partial charge >= 0.3 is 0 Å². The molecular formula is C19H20N4O3S. The summed E-state index contributed by atoms with van der Waals surface area (Å²) < 4.78 is 5.15. The van der Waals surface area contributed by atoms with Crippen molar-refractivity contribution in [3.05, 3.63) is 52.0 Å². The first-order valence-electron chi connectivity index (χ1n) is 8.51. The van der Waals surface area contributed by atoms with Crippen LogP contribution in [0.25, 0.3) is 11.4 Å². The van der Waals surface area contributed by atoms with E-state index in [2.05, 4.69) is 20.8 Å². The van der Waals surface area contributed by atoms with Gasteiger partial charge in [0.15, 0.2) is 0 Å². The average molecular weight is 384 g/mol. The Morgan fingerprint density at radius 2 is 1.93 bits per heavy atom. The van der Waals surface area contributed by atoms with E-state index in [4.69, 9.17) is 4.52 Å². The summed E-state index contributed by atoms with van der Waals surface area (Å²) in [6, 6.07) is 7.69. The summed E-state index contributed by atoms with van der Waals surface area (Å²) >= 11 is 1.55. The van der Waals surface area contributed by atoms with Crippen molar-refractivity contribution in [1.29, 1.82) is 0 Å². The molecule has 8 heteroatoms. The summed E-state index contributed by atoms with van der Waals surface area (Å²) in [5.74, 6) is 0.395. The van der Waals surface area contributed by atoms with Crippen LogP contribution in [0.2, 0.25) is 0 Å². The number of hydrogen-bond acceptors (Lipinski definition) is 6. The normalized spacial score (nSPS) is 10.6. The third kappa shape index (κ3) is 5.01. The van der Waals surface area contributed by atoms with Crippen molar-refractivity contribution < 1.29 is 14.1 Å². The van der Waals surface area contributed by atoms with Crippen LogP contribution in [0.1, 0.15) is 23.4 Å². The fourth-order valence-corrected chi connectivity index (χ4v) is 3.18. The van der Waals surface area contributed by atoms with Gasteiger partial charge in [0.1, 0.15) is 0 Å². The third-order valence-electron chi connectivity index (χ3n) is 4.01. The molecule has 27 heavy (non-hydrogen) atoms. The highest BCUT2D eigenvalue weighted by Crippen LogP contribution is 2.20. The van der Waals surface area contributed by atoms with Crippen molar-refractivity contribution >= 4 is 28.8 Å². The van der Waals surface area contributed by atoms with Crippen LogP contribution in [0.15, 0.2) is 39.5 Å². The molecule has 0 spiro atoms. The highest BCUT2D eigenvalue weighted by Gasteiger charge is 2.12. The predicted molar refractivity (Wildman–Crippen MR) is 103 cm³/mol. The highest BCUT2D eigenvalue weighted by atomic mass is 32.1. The van der Waals surface area contributed by atoms with E-state index >= 15 is 0 Å². The summed E-state index contributed by atoms with van der Waals surface area (Å²) in [4.78, 5) is 28.3. The first-order valence-corrected chi connectivity index (χ1v) is 9.45. The summed E-state index contributed by atoms with van der Waals surface area (Å²) in [7, 11) is 0. The first kappa shape index (κ1) is 18.8. The van der Waals surface area contributed by atoms with Gasteiger partial charge in [-0.05, 0) is 36.4 Å². The molecule has 3 rings (SSSR count). The van der Waals surface area contributed by atoms with Crippen LogP contribution in [0.5, 0.6) is 0 Å². The van der Waals surface area contributed by atoms with Crippen molar-refractivity contribution in [2.24, 2.45) is 0 Å². The molecule has 0 aliphatic heterocycles. The molecule has 2 N–H and O–H groups in total. The van der Waals surface area contributed by atoms with Gasteiger partial charge in [0.25, 0.3) is 0 Å². The molecule has 0 bridgehead atoms. The molecule has 0 aliphatic rings. The number of aromatic nitrogens is 2. The Morgan fingerprint density at radius 3 is 2.63 bits per heavy atom. The minimum Gasteiger partial charge on any atom is -0.347 e. The van der Waals surface area contributed by atoms with E-state index in [1.165, 1.54) is 0 Å². The van der Waals surface area contributed by atoms with E-state index < -0.39 is 0 Å². The minimum atomic E-state index is -0.265. The number of aryl methyl sites for hydroxylation is 3. The Labute approximate surface area is 160 Å². The summed E-state index contributed by atoms with van der Waals surface area (Å²) in [6.07, 6.45) is 0.490. The van der Waals surface area contributed by atoms with Gasteiger partial charge in [-0.1, -0.05) is 23.4 Å². The quantitative estimate of drug-likeness (QED) is 0.652. The standard InChI is InChI=1S/C19H20N4O3S/c1-12-4-3-5-13(2)18(12)21-16(25)10-20-15(24)6-7-17-22-19(23-26-17)14-8-9-27-11-14/h3-5,8-9,11H,6-7,10H2,1-2H3,(H,20,24)(H,21,25). The Balaban J connectivity index is 1.44. The monoisotopic (exact) mass is 384 g/mol. The van der Waals surface area contributed by atoms with Gasteiger partial charge in [-0.3, -0.25) is 9.59 Å². The van der Waals surface area contributed by atoms with Crippen LogP contribution in [0, 0.1) is 13.8 Å². The average Bonchev–Trinajstić information content (AvgIpc) is 3.32. The number of benzene rings is 1. The maximum absolute atomic E-state index is 12.1. The van der Waals surface area contributed by atoms with Crippen molar-refractivity contribution in [1.82, 2.24) is 15.5 Å². The molecule has 0 unspecified atom stereocenters. The van der Waals surface area contributed by atoms with Crippen molar-refractivity contribution in [2.75, 3.05) is 11.9 Å². The molecule has 0 fully saturated rings. The molecule has 0 aliphatic carbocycles. The molecule has 0 saturated heterocycles. The Morgan fingerprint density at radius 1 is 1.15 bits per heavy atom. The van der Waals surface area contributed by atoms with E-state index in [1.807, 2.05) is 48.9 Å². The molecule has 0 atom stereocenters. The first-order chi connectivity index (χ1) is 13.0. The molecule has 0 radical (unpaired) electrons. The van der Waals surface area contributed by atoms with Gasteiger partial charge < -0.3 is 15.2 Å². The number of thiophene rings is 1. The van der Waals surface area contributed by atoms with Crippen molar-refractivity contribution in [3.63, 3.8) is 0 Å². The fraction of sp³-hybridized carbons (Fsp3) is 0.263. The smallest absolute Gasteiger partial charge is 0.243 e. The molecule has 2 heterocycles. The summed E-state index contributed by atoms with van der Waals surface area (Å²) in [5, 5.41) is 13.2. The lowest BCUT2D eigenvalue weighted by Gasteiger charge is -2.11. The van der Waals surface area contributed by atoms with Gasteiger partial charge in [0, 0.05) is 29.5 Å². The topological polar surface area (TPSA) is 97.1 Å². The second kappa shape index (κ2) is 8.59. The van der Waals surface area contributed by atoms with Crippen molar-refractivity contribution in [3.8, 4) is 11.4 Å². The minimum absolute atomic E-state index is 0.0867. The number of carbonyl (C=O) groups is 2. The molecule has 7 nitrogen and oxygen atoms in total. The molecule has 1 aromatic carbocycles. The van der Waals surface area contributed by atoms with Gasteiger partial charge in [0.2, 0.25) is 23.5 Å². The molecule has 2 amide bonds. The van der Waals surface area contributed by atoms with Gasteiger partial charge in [-0.2, -0.15) is 16.3 Å². The van der Waals surface area contributed by atoms with Crippen LogP contribution >= 0.6 is 11.3 Å². The molecule has 2 aromatic heterocycles. The number of amides is 2. The number of para-hydroxylation sites is 1. The maximum atomic E-state index is 12.1. The number of nitrogens with zero attached hydrogens (tertiary/aromatic N) is 2. The van der Waals surface area contributed by atoms with Crippen LogP contribution in [-0.4, -0.2) is 28.5 Å². The maximum Gasteiger partial charge on any atom is 0.243 e. The van der Waals surface area contributed by atoms with E-state index in [1.54, 1.807) is 11.3 Å². The number of anilines is 1. The van der Waals surface area contributed by atoms with E-state index in [-0.39, 0.29) is 24.8 Å². The van der Waals surface area contributed by atoms with Gasteiger partial charge in [-0.25, -0.2) is 0 Å². The number of nitrogens with one attached hydrogen (secondary N) is 2. The van der Waals surface area contributed by atoms with Crippen LogP contribution < -0.4 is 10.6 Å². The lowest BCUT2D eigenvalue weighted by Crippen LogP contribution is -2.33. The fourth-order valence-electron chi connectivity index (χ4n) is 2.55. The third-order valence-corrected chi connectivity index (χ3v) is 4.69. The van der Waals surface area contributed by atoms with E-state index in [0.717, 1.165) is 22.4 Å². The summed E-state index contributed by atoms with van der Waals surface area (Å²) in [5.41, 5.74) is 3.63. The van der Waals surface area contributed by atoms with Crippen LogP contribution in [-0.2, 0) is 16.0 Å². The Kier molecular flexibility index (Phi) is 5.97. The second-order valence-electron chi connectivity index (χ2n) is 6.12. The zero-order chi connectivity index (χ0) is 19.2. The molecule has 0 saturated carbocycles. The van der Waals surface area contributed by atoms with Crippen LogP contribution in [0.4, 0.5) is 5.69 Å². The van der Waals surface area contributed by atoms with Gasteiger partial charge in [-0.15, -0.1) is 0 Å². The number of hydrogen-bond donors (Lipinski definition) is 2. The zero-order valence-electron chi connectivity index (χ0n) is 15.1. The number of carbonyl (C=O) groups excluding carboxylic acids is 2. The lowest BCUT2D eigenvalue weighted by atomic mass is 10.1. The van der Waals surface area contributed by atoms with Crippen molar-refractivity contribution in [2.45, 2.75) is 26.7 Å². The van der Waals surface area contributed by atoms with E-state index in [0.29, 0.717) is 18.1 Å².